The minimum Gasteiger partial charge on any atom is -0.318 e. The van der Waals surface area contributed by atoms with Crippen molar-refractivity contribution >= 4 is 0 Å². The molecule has 0 aromatic carbocycles. The Hall–Kier alpha value is -1.33. The highest BCUT2D eigenvalue weighted by atomic mass is 14.7. The fourth-order valence-corrected chi connectivity index (χ4v) is 2.06. The van der Waals surface area contributed by atoms with E-state index in [1.807, 2.05) is 12.3 Å². The molecule has 0 radical (unpaired) electrons. The van der Waals surface area contributed by atoms with Crippen LogP contribution in [0.1, 0.15) is 43.4 Å². The van der Waals surface area contributed by atoms with E-state index in [2.05, 4.69) is 29.8 Å². The van der Waals surface area contributed by atoms with Gasteiger partial charge < -0.3 is 5.73 Å². The lowest BCUT2D eigenvalue weighted by Crippen LogP contribution is -2.16. The number of rotatable bonds is 1. The first-order chi connectivity index (χ1) is 7.81. The Balaban J connectivity index is 2.21. The first-order valence-electron chi connectivity index (χ1n) is 6.01. The number of hydrogen-bond acceptors (Lipinski definition) is 2. The van der Waals surface area contributed by atoms with Crippen molar-refractivity contribution in [1.82, 2.24) is 4.98 Å². The maximum Gasteiger partial charge on any atom is 0.0662 e. The van der Waals surface area contributed by atoms with E-state index in [0.717, 1.165) is 19.3 Å². The zero-order valence-electron chi connectivity index (χ0n) is 9.74. The zero-order valence-corrected chi connectivity index (χ0v) is 9.74. The highest BCUT2D eigenvalue weighted by molar-refractivity contribution is 5.32. The summed E-state index contributed by atoms with van der Waals surface area (Å²) in [5.74, 6) is 6.72. The van der Waals surface area contributed by atoms with E-state index in [1.54, 1.807) is 0 Å². The smallest absolute Gasteiger partial charge is 0.0662 e. The third-order valence-corrected chi connectivity index (χ3v) is 3.08. The largest absolute Gasteiger partial charge is 0.318 e. The van der Waals surface area contributed by atoms with Crippen LogP contribution in [-0.4, -0.2) is 11.0 Å². The lowest BCUT2D eigenvalue weighted by molar-refractivity contribution is 0.622. The third kappa shape index (κ3) is 2.43. The predicted octanol–water partition coefficient (Wildman–Crippen LogP) is 2.24. The average molecular weight is 214 g/mol. The van der Waals surface area contributed by atoms with Crippen LogP contribution in [0.15, 0.2) is 18.3 Å². The summed E-state index contributed by atoms with van der Waals surface area (Å²) in [4.78, 5) is 4.46. The van der Waals surface area contributed by atoms with Gasteiger partial charge in [-0.25, -0.2) is 0 Å². The van der Waals surface area contributed by atoms with E-state index in [1.165, 1.54) is 17.7 Å². The van der Waals surface area contributed by atoms with Crippen molar-refractivity contribution in [2.24, 2.45) is 5.73 Å². The molecule has 84 valence electrons. The summed E-state index contributed by atoms with van der Waals surface area (Å²) in [5, 5.41) is 0. The molecule has 2 rings (SSSR count). The van der Waals surface area contributed by atoms with Gasteiger partial charge in [0.1, 0.15) is 0 Å². The molecule has 2 atom stereocenters. The molecule has 0 saturated heterocycles. The number of fused-ring (bicyclic) bond motifs is 1. The Labute approximate surface area is 97.3 Å². The molecule has 16 heavy (non-hydrogen) atoms. The first kappa shape index (κ1) is 11.2. The molecule has 1 aliphatic carbocycles. The second-order valence-corrected chi connectivity index (χ2v) is 4.30. The Kier molecular flexibility index (Phi) is 3.58. The standard InChI is InChI=1S/C14H18N2/c1-2-13(15)9-8-12-6-3-5-11-7-4-10-16-14(11)12/h4,7,10,12-13H,2-3,5-6,15H2,1H3. The van der Waals surface area contributed by atoms with Crippen molar-refractivity contribution in [2.45, 2.75) is 44.6 Å². The van der Waals surface area contributed by atoms with Crippen LogP contribution in [0.4, 0.5) is 0 Å². The van der Waals surface area contributed by atoms with Crippen molar-refractivity contribution in [3.05, 3.63) is 29.6 Å². The van der Waals surface area contributed by atoms with E-state index in [9.17, 15) is 0 Å². The molecule has 1 heterocycles. The number of aryl methyl sites for hydroxylation is 1. The Morgan fingerprint density at radius 1 is 1.62 bits per heavy atom. The number of pyridine rings is 1. The highest BCUT2D eigenvalue weighted by Crippen LogP contribution is 2.28. The molecular formula is C14H18N2. The predicted molar refractivity (Wildman–Crippen MR) is 66.0 cm³/mol. The normalized spacial score (nSPS) is 20.5. The SMILES string of the molecule is CCC(N)C#CC1CCCc2cccnc21. The van der Waals surface area contributed by atoms with Gasteiger partial charge in [0.15, 0.2) is 0 Å². The second kappa shape index (κ2) is 5.14. The van der Waals surface area contributed by atoms with Crippen LogP contribution in [-0.2, 0) is 6.42 Å². The molecule has 0 spiro atoms. The fourth-order valence-electron chi connectivity index (χ4n) is 2.06. The van der Waals surface area contributed by atoms with E-state index in [-0.39, 0.29) is 6.04 Å². The van der Waals surface area contributed by atoms with Crippen molar-refractivity contribution < 1.29 is 0 Å². The molecule has 1 aromatic rings. The number of aromatic nitrogens is 1. The number of nitrogens with two attached hydrogens (primary N) is 1. The minimum atomic E-state index is 0.00842. The molecule has 2 N–H and O–H groups in total. The Morgan fingerprint density at radius 3 is 3.31 bits per heavy atom. The van der Waals surface area contributed by atoms with Crippen LogP contribution in [0.2, 0.25) is 0 Å². The van der Waals surface area contributed by atoms with Crippen LogP contribution in [0, 0.1) is 11.8 Å². The fraction of sp³-hybridized carbons (Fsp3) is 0.500. The van der Waals surface area contributed by atoms with Crippen LogP contribution >= 0.6 is 0 Å². The summed E-state index contributed by atoms with van der Waals surface area (Å²) < 4.78 is 0. The number of hydrogen-bond donors (Lipinski definition) is 1. The highest BCUT2D eigenvalue weighted by Gasteiger charge is 2.19. The lowest BCUT2D eigenvalue weighted by atomic mass is 9.87. The van der Waals surface area contributed by atoms with Crippen LogP contribution < -0.4 is 5.73 Å². The van der Waals surface area contributed by atoms with Crippen molar-refractivity contribution in [3.8, 4) is 11.8 Å². The lowest BCUT2D eigenvalue weighted by Gasteiger charge is -2.19. The van der Waals surface area contributed by atoms with Crippen LogP contribution in [0.5, 0.6) is 0 Å². The third-order valence-electron chi connectivity index (χ3n) is 3.08. The first-order valence-corrected chi connectivity index (χ1v) is 6.01. The van der Waals surface area contributed by atoms with E-state index in [0.29, 0.717) is 5.92 Å². The second-order valence-electron chi connectivity index (χ2n) is 4.30. The molecule has 1 aromatic heterocycles. The molecule has 2 nitrogen and oxygen atoms in total. The summed E-state index contributed by atoms with van der Waals surface area (Å²) in [5.41, 5.74) is 8.35. The van der Waals surface area contributed by atoms with Crippen molar-refractivity contribution in [3.63, 3.8) is 0 Å². The molecule has 0 saturated carbocycles. The monoisotopic (exact) mass is 214 g/mol. The molecule has 1 aliphatic rings. The van der Waals surface area contributed by atoms with Gasteiger partial charge in [0.05, 0.1) is 17.7 Å². The quantitative estimate of drug-likeness (QED) is 0.728. The summed E-state index contributed by atoms with van der Waals surface area (Å²) >= 11 is 0. The van der Waals surface area contributed by atoms with Crippen LogP contribution in [0.3, 0.4) is 0 Å². The maximum absolute atomic E-state index is 5.82. The molecule has 0 bridgehead atoms. The van der Waals surface area contributed by atoms with Gasteiger partial charge in [-0.3, -0.25) is 4.98 Å². The zero-order chi connectivity index (χ0) is 11.4. The maximum atomic E-state index is 5.82. The van der Waals surface area contributed by atoms with Gasteiger partial charge in [-0.1, -0.05) is 24.8 Å². The molecule has 2 unspecified atom stereocenters. The van der Waals surface area contributed by atoms with Gasteiger partial charge in [0, 0.05) is 6.20 Å². The molecule has 0 amide bonds. The minimum absolute atomic E-state index is 0.00842. The number of nitrogens with zero attached hydrogens (tertiary/aromatic N) is 1. The van der Waals surface area contributed by atoms with Crippen LogP contribution in [0.25, 0.3) is 0 Å². The molecule has 2 heteroatoms. The van der Waals surface area contributed by atoms with Gasteiger partial charge in [-0.05, 0) is 37.3 Å². The van der Waals surface area contributed by atoms with Gasteiger partial charge >= 0.3 is 0 Å². The molecular weight excluding hydrogens is 196 g/mol. The van der Waals surface area contributed by atoms with Gasteiger partial charge in [0.2, 0.25) is 0 Å². The summed E-state index contributed by atoms with van der Waals surface area (Å²) in [6, 6.07) is 4.18. The Morgan fingerprint density at radius 2 is 2.50 bits per heavy atom. The Bertz CT molecular complexity index is 414. The summed E-state index contributed by atoms with van der Waals surface area (Å²) in [7, 11) is 0. The topological polar surface area (TPSA) is 38.9 Å². The molecule has 0 fully saturated rings. The van der Waals surface area contributed by atoms with Gasteiger partial charge in [-0.15, -0.1) is 0 Å². The van der Waals surface area contributed by atoms with Crippen molar-refractivity contribution in [1.29, 1.82) is 0 Å². The van der Waals surface area contributed by atoms with Crippen molar-refractivity contribution in [2.75, 3.05) is 0 Å². The van der Waals surface area contributed by atoms with Gasteiger partial charge in [0.25, 0.3) is 0 Å². The summed E-state index contributed by atoms with van der Waals surface area (Å²) in [6.07, 6.45) is 6.24. The van der Waals surface area contributed by atoms with E-state index in [4.69, 9.17) is 5.73 Å². The van der Waals surface area contributed by atoms with Gasteiger partial charge in [-0.2, -0.15) is 0 Å². The molecule has 0 aliphatic heterocycles. The average Bonchev–Trinajstić information content (AvgIpc) is 2.35. The van der Waals surface area contributed by atoms with E-state index < -0.39 is 0 Å². The van der Waals surface area contributed by atoms with E-state index >= 15 is 0 Å². The summed E-state index contributed by atoms with van der Waals surface area (Å²) in [6.45, 7) is 2.06.